The number of hydrogen-bond donors (Lipinski definition) is 2. The van der Waals surface area contributed by atoms with E-state index in [1.165, 1.54) is 6.20 Å². The lowest BCUT2D eigenvalue weighted by Gasteiger charge is -2.12. The van der Waals surface area contributed by atoms with Gasteiger partial charge in [-0.1, -0.05) is 13.3 Å². The predicted molar refractivity (Wildman–Crippen MR) is 70.0 cm³/mol. The van der Waals surface area contributed by atoms with E-state index in [4.69, 9.17) is 17.5 Å². The maximum atomic E-state index is 11.1. The lowest BCUT2D eigenvalue weighted by Crippen LogP contribution is -2.21. The van der Waals surface area contributed by atoms with Crippen molar-refractivity contribution < 1.29 is 39.1 Å². The van der Waals surface area contributed by atoms with Crippen molar-refractivity contribution in [1.82, 2.24) is 9.55 Å². The van der Waals surface area contributed by atoms with Gasteiger partial charge in [-0.25, -0.2) is 4.98 Å². The smallest absolute Gasteiger partial charge is 0.337 e. The van der Waals surface area contributed by atoms with E-state index in [9.17, 15) is 21.6 Å². The third-order valence-corrected chi connectivity index (χ3v) is 4.10. The summed E-state index contributed by atoms with van der Waals surface area (Å²) in [5.41, 5.74) is -5.53. The molecule has 1 atom stereocenters. The van der Waals surface area contributed by atoms with Crippen LogP contribution >= 0.6 is 0 Å². The van der Waals surface area contributed by atoms with Gasteiger partial charge >= 0.3 is 15.6 Å². The third kappa shape index (κ3) is 6.29. The second-order valence-corrected chi connectivity index (χ2v) is 7.12. The van der Waals surface area contributed by atoms with Gasteiger partial charge in [-0.05, 0) is 6.42 Å². The summed E-state index contributed by atoms with van der Waals surface area (Å²) in [5.74, 6) is 0.384. The van der Waals surface area contributed by atoms with Crippen LogP contribution in [-0.2, 0) is 27.3 Å². The number of aryl methyl sites for hydroxylation is 1. The van der Waals surface area contributed by atoms with Crippen LogP contribution in [0.25, 0.3) is 0 Å². The monoisotopic (exact) mass is 368 g/mol. The molecule has 0 aliphatic rings. The van der Waals surface area contributed by atoms with Gasteiger partial charge in [0.25, 0.3) is 10.1 Å². The quantitative estimate of drug-likeness (QED) is 0.610. The highest BCUT2D eigenvalue weighted by atomic mass is 32.2. The lowest BCUT2D eigenvalue weighted by molar-refractivity contribution is -0.0510. The molecule has 130 valence electrons. The van der Waals surface area contributed by atoms with Gasteiger partial charge in [-0.15, -0.1) is 0 Å². The van der Waals surface area contributed by atoms with Crippen LogP contribution in [-0.4, -0.2) is 41.0 Å². The molecular weight excluding hydrogens is 353 g/mol. The summed E-state index contributed by atoms with van der Waals surface area (Å²) in [4.78, 5) is 3.92. The van der Waals surface area contributed by atoms with Crippen molar-refractivity contribution in [3.63, 3.8) is 0 Å². The van der Waals surface area contributed by atoms with Gasteiger partial charge < -0.3 is 4.57 Å². The molecule has 0 fully saturated rings. The molecule has 1 aromatic heterocycles. The molecule has 0 spiro atoms. The van der Waals surface area contributed by atoms with E-state index in [2.05, 4.69) is 4.98 Å². The first-order chi connectivity index (χ1) is 9.71. The maximum Gasteiger partial charge on any atom is 0.522 e. The highest BCUT2D eigenvalue weighted by Gasteiger charge is 2.44. The lowest BCUT2D eigenvalue weighted by atomic mass is 10.2. The molecule has 0 aliphatic heterocycles. The summed E-state index contributed by atoms with van der Waals surface area (Å²) in [5, 5.41) is -0.910. The summed E-state index contributed by atoms with van der Waals surface area (Å²) in [6.45, 7) is 1.86. The maximum absolute atomic E-state index is 11.1. The van der Waals surface area contributed by atoms with E-state index in [-0.39, 0.29) is 0 Å². The largest absolute Gasteiger partial charge is 0.522 e. The van der Waals surface area contributed by atoms with Crippen LogP contribution in [0.5, 0.6) is 0 Å². The van der Waals surface area contributed by atoms with Crippen LogP contribution in [0.15, 0.2) is 12.4 Å². The molecule has 0 aromatic carbocycles. The zero-order chi connectivity index (χ0) is 17.8. The van der Waals surface area contributed by atoms with Gasteiger partial charge in [0.15, 0.2) is 0 Å². The fraction of sp³-hybridized carbons (Fsp3) is 0.667. The zero-order valence-electron chi connectivity index (χ0n) is 11.5. The van der Waals surface area contributed by atoms with Gasteiger partial charge in [-0.2, -0.15) is 30.0 Å². The first-order valence-corrected chi connectivity index (χ1v) is 8.63. The Bertz CT molecular complexity index is 680. The summed E-state index contributed by atoms with van der Waals surface area (Å²) in [6, 6.07) is 0. The van der Waals surface area contributed by atoms with E-state index in [1.807, 2.05) is 6.92 Å². The zero-order valence-corrected chi connectivity index (χ0v) is 13.2. The molecular formula is C9H15F3N2O6S2. The number of halogens is 3. The first kappa shape index (κ1) is 20.8. The van der Waals surface area contributed by atoms with Gasteiger partial charge in [0.2, 0.25) is 0 Å². The van der Waals surface area contributed by atoms with Crippen molar-refractivity contribution >= 4 is 20.2 Å². The van der Waals surface area contributed by atoms with E-state index < -0.39 is 31.0 Å². The summed E-state index contributed by atoms with van der Waals surface area (Å²) in [6.07, 6.45) is 4.23. The molecule has 22 heavy (non-hydrogen) atoms. The molecule has 0 saturated heterocycles. The first-order valence-electron chi connectivity index (χ1n) is 5.69. The number of imidazole rings is 1. The normalized spacial score (nSPS) is 14.1. The van der Waals surface area contributed by atoms with Crippen molar-refractivity contribution in [3.05, 3.63) is 18.2 Å². The number of aromatic nitrogens is 2. The highest BCUT2D eigenvalue weighted by molar-refractivity contribution is 7.86. The Morgan fingerprint density at radius 2 is 1.73 bits per heavy atom. The molecule has 2 N–H and O–H groups in total. The molecule has 0 amide bonds. The number of rotatable bonds is 4. The fourth-order valence-electron chi connectivity index (χ4n) is 1.36. The second-order valence-electron chi connectivity index (χ2n) is 4.11. The van der Waals surface area contributed by atoms with E-state index in [0.29, 0.717) is 18.7 Å². The summed E-state index contributed by atoms with van der Waals surface area (Å²) in [7, 11) is -8.19. The van der Waals surface area contributed by atoms with E-state index in [1.54, 1.807) is 17.8 Å². The molecule has 8 nitrogen and oxygen atoms in total. The van der Waals surface area contributed by atoms with Crippen LogP contribution < -0.4 is 0 Å². The average molecular weight is 368 g/mol. The van der Waals surface area contributed by atoms with Crippen LogP contribution in [0, 0.1) is 0 Å². The Morgan fingerprint density at radius 1 is 1.27 bits per heavy atom. The molecule has 0 bridgehead atoms. The van der Waals surface area contributed by atoms with E-state index in [0.717, 1.165) is 0 Å². The van der Waals surface area contributed by atoms with Crippen LogP contribution in [0.3, 0.4) is 0 Å². The second kappa shape index (κ2) is 7.39. The number of alkyl halides is 3. The summed E-state index contributed by atoms with van der Waals surface area (Å²) >= 11 is 0. The molecule has 13 heteroatoms. The van der Waals surface area contributed by atoms with Crippen LogP contribution in [0.2, 0.25) is 0 Å². The van der Waals surface area contributed by atoms with Crippen molar-refractivity contribution in [3.8, 4) is 0 Å². The molecule has 1 heterocycles. The van der Waals surface area contributed by atoms with Gasteiger partial charge in [0.1, 0.15) is 11.1 Å². The Morgan fingerprint density at radius 3 is 1.95 bits per heavy atom. The number of nitrogens with zero attached hydrogens (tertiary/aromatic N) is 2. The third-order valence-electron chi connectivity index (χ3n) is 2.35. The topological polar surface area (TPSA) is 127 Å². The average Bonchev–Trinajstić information content (AvgIpc) is 2.68. The Kier molecular flexibility index (Phi) is 6.99. The van der Waals surface area contributed by atoms with E-state index >= 15 is 0 Å². The van der Waals surface area contributed by atoms with Gasteiger partial charge in [-0.3, -0.25) is 9.11 Å². The fourth-order valence-corrected chi connectivity index (χ4v) is 2.39. The molecule has 0 radical (unpaired) electrons. The molecule has 1 unspecified atom stereocenters. The Hall–Kier alpha value is -1.18. The van der Waals surface area contributed by atoms with Crippen LogP contribution in [0.1, 0.15) is 30.8 Å². The molecule has 1 aromatic rings. The Balaban J connectivity index is 0.000000472. The molecule has 1 rings (SSSR count). The molecule has 0 saturated carbocycles. The van der Waals surface area contributed by atoms with Crippen molar-refractivity contribution in [1.29, 1.82) is 0 Å². The summed E-state index contributed by atoms with van der Waals surface area (Å²) < 4.78 is 90.3. The van der Waals surface area contributed by atoms with Crippen molar-refractivity contribution in [2.45, 2.75) is 30.5 Å². The minimum atomic E-state index is -5.84. The SMILES string of the molecule is CCCC(c1nccn1C)S(=O)(=O)O.O=S(=O)(O)C(F)(F)F. The van der Waals surface area contributed by atoms with Crippen molar-refractivity contribution in [2.75, 3.05) is 0 Å². The minimum Gasteiger partial charge on any atom is -0.337 e. The number of hydrogen-bond acceptors (Lipinski definition) is 5. The molecule has 0 aliphatic carbocycles. The highest BCUT2D eigenvalue weighted by Crippen LogP contribution is 2.24. The minimum absolute atomic E-state index is 0.379. The Labute approximate surface area is 125 Å². The van der Waals surface area contributed by atoms with Gasteiger partial charge in [0, 0.05) is 19.4 Å². The van der Waals surface area contributed by atoms with Crippen LogP contribution in [0.4, 0.5) is 13.2 Å². The predicted octanol–water partition coefficient (Wildman–Crippen LogP) is 1.54. The van der Waals surface area contributed by atoms with Gasteiger partial charge in [0.05, 0.1) is 0 Å². The van der Waals surface area contributed by atoms with Crippen molar-refractivity contribution in [2.24, 2.45) is 7.05 Å². The standard InChI is InChI=1S/C8H14N2O3S.CHF3O3S/c1-3-4-7(14(11,12)13)8-9-5-6-10(8)2;2-1(3,4)8(5,6)7/h5-7H,3-4H2,1-2H3,(H,11,12,13);(H,5,6,7).